The van der Waals surface area contributed by atoms with Gasteiger partial charge in [-0.05, 0) is 32.8 Å². The van der Waals surface area contributed by atoms with Crippen LogP contribution in [-0.2, 0) is 0 Å². The molecule has 11 heavy (non-hydrogen) atoms. The third-order valence-electron chi connectivity index (χ3n) is 1.80. The van der Waals surface area contributed by atoms with Crippen molar-refractivity contribution >= 4 is 11.8 Å². The Bertz CT molecular complexity index is 98.3. The molecule has 0 aromatic carbocycles. The van der Waals surface area contributed by atoms with Gasteiger partial charge in [0.2, 0.25) is 0 Å². The van der Waals surface area contributed by atoms with E-state index in [4.69, 9.17) is 0 Å². The zero-order chi connectivity index (χ0) is 8.10. The summed E-state index contributed by atoms with van der Waals surface area (Å²) >= 11 is 2.08. The van der Waals surface area contributed by atoms with E-state index in [1.54, 1.807) is 0 Å². The quantitative estimate of drug-likeness (QED) is 0.661. The molecule has 0 unspecified atom stereocenters. The van der Waals surface area contributed by atoms with E-state index in [1.807, 2.05) is 0 Å². The van der Waals surface area contributed by atoms with E-state index in [9.17, 15) is 0 Å². The van der Waals surface area contributed by atoms with Crippen LogP contribution in [0.4, 0.5) is 0 Å². The summed E-state index contributed by atoms with van der Waals surface area (Å²) in [6, 6.07) is 0.706. The average molecular weight is 174 g/mol. The number of nitrogens with zero attached hydrogens (tertiary/aromatic N) is 1. The highest BCUT2D eigenvalue weighted by Gasteiger charge is 2.11. The second-order valence-electron chi connectivity index (χ2n) is 3.34. The fourth-order valence-electron chi connectivity index (χ4n) is 1.32. The molecule has 1 aliphatic rings. The number of likely N-dealkylation sites (N-methyl/N-ethyl adjacent to an activating group) is 1. The third kappa shape index (κ3) is 3.99. The van der Waals surface area contributed by atoms with E-state index in [0.29, 0.717) is 6.04 Å². The minimum absolute atomic E-state index is 0.706. The van der Waals surface area contributed by atoms with Gasteiger partial charge < -0.3 is 10.2 Å². The highest BCUT2D eigenvalue weighted by Crippen LogP contribution is 2.08. The monoisotopic (exact) mass is 174 g/mol. The first-order valence-corrected chi connectivity index (χ1v) is 5.40. The molecule has 0 amide bonds. The Morgan fingerprint density at radius 2 is 2.36 bits per heavy atom. The lowest BCUT2D eigenvalue weighted by Gasteiger charge is -2.19. The highest BCUT2D eigenvalue weighted by atomic mass is 32.2. The Hall–Kier alpha value is 0.270. The highest BCUT2D eigenvalue weighted by molar-refractivity contribution is 7.99. The first kappa shape index (κ1) is 9.36. The Labute approximate surface area is 73.7 Å². The number of rotatable bonds is 2. The maximum Gasteiger partial charge on any atom is 0.0285 e. The van der Waals surface area contributed by atoms with Gasteiger partial charge in [0, 0.05) is 18.3 Å². The summed E-state index contributed by atoms with van der Waals surface area (Å²) in [6.45, 7) is 2.37. The minimum atomic E-state index is 0.706. The normalized spacial score (nSPS) is 27.0. The van der Waals surface area contributed by atoms with Gasteiger partial charge in [0.05, 0.1) is 0 Å². The smallest absolute Gasteiger partial charge is 0.0285 e. The first-order chi connectivity index (χ1) is 5.29. The summed E-state index contributed by atoms with van der Waals surface area (Å²) in [4.78, 5) is 2.25. The standard InChI is InChI=1S/C8H18N2S/c1-10(2)6-8-7-11-5-3-4-9-8/h8-9H,3-7H2,1-2H3/t8-/m0/s1. The van der Waals surface area contributed by atoms with Crippen molar-refractivity contribution in [2.45, 2.75) is 12.5 Å². The minimum Gasteiger partial charge on any atom is -0.312 e. The van der Waals surface area contributed by atoms with Crippen LogP contribution < -0.4 is 5.32 Å². The molecule has 0 aliphatic carbocycles. The first-order valence-electron chi connectivity index (χ1n) is 4.25. The van der Waals surface area contributed by atoms with Gasteiger partial charge >= 0.3 is 0 Å². The Morgan fingerprint density at radius 3 is 3.09 bits per heavy atom. The second kappa shape index (κ2) is 5.01. The fourth-order valence-corrected chi connectivity index (χ4v) is 2.35. The topological polar surface area (TPSA) is 15.3 Å². The lowest BCUT2D eigenvalue weighted by atomic mass is 10.3. The van der Waals surface area contributed by atoms with Gasteiger partial charge in [0.15, 0.2) is 0 Å². The van der Waals surface area contributed by atoms with Crippen molar-refractivity contribution in [1.82, 2.24) is 10.2 Å². The summed E-state index contributed by atoms with van der Waals surface area (Å²) in [6.07, 6.45) is 1.33. The maximum atomic E-state index is 3.55. The molecule has 1 rings (SSSR count). The number of nitrogens with one attached hydrogen (secondary N) is 1. The average Bonchev–Trinajstić information content (AvgIpc) is 2.14. The predicted molar refractivity (Wildman–Crippen MR) is 52.3 cm³/mol. The van der Waals surface area contributed by atoms with Crippen molar-refractivity contribution in [3.05, 3.63) is 0 Å². The molecule has 0 spiro atoms. The van der Waals surface area contributed by atoms with Crippen LogP contribution in [0.2, 0.25) is 0 Å². The zero-order valence-corrected chi connectivity index (χ0v) is 8.28. The Kier molecular flexibility index (Phi) is 4.26. The fraction of sp³-hybridized carbons (Fsp3) is 1.00. The van der Waals surface area contributed by atoms with E-state index < -0.39 is 0 Å². The van der Waals surface area contributed by atoms with Gasteiger partial charge in [0.1, 0.15) is 0 Å². The van der Waals surface area contributed by atoms with Crippen molar-refractivity contribution in [2.24, 2.45) is 0 Å². The van der Waals surface area contributed by atoms with Crippen molar-refractivity contribution < 1.29 is 0 Å². The maximum absolute atomic E-state index is 3.55. The summed E-state index contributed by atoms with van der Waals surface area (Å²) in [7, 11) is 4.27. The van der Waals surface area contributed by atoms with Crippen molar-refractivity contribution in [3.8, 4) is 0 Å². The van der Waals surface area contributed by atoms with Gasteiger partial charge in [-0.2, -0.15) is 11.8 Å². The SMILES string of the molecule is CN(C)C[C@H]1CSCCCN1. The van der Waals surface area contributed by atoms with Crippen LogP contribution in [0.25, 0.3) is 0 Å². The molecule has 1 fully saturated rings. The molecule has 1 aliphatic heterocycles. The number of hydrogen-bond donors (Lipinski definition) is 1. The molecule has 66 valence electrons. The molecule has 0 saturated carbocycles. The van der Waals surface area contributed by atoms with Crippen molar-refractivity contribution in [3.63, 3.8) is 0 Å². The van der Waals surface area contributed by atoms with Crippen LogP contribution in [-0.4, -0.2) is 49.6 Å². The molecule has 1 atom stereocenters. The molecule has 2 nitrogen and oxygen atoms in total. The third-order valence-corrected chi connectivity index (χ3v) is 3.02. The number of thioether (sulfide) groups is 1. The molecule has 1 saturated heterocycles. The molecule has 3 heteroatoms. The summed E-state index contributed by atoms with van der Waals surface area (Å²) in [5.41, 5.74) is 0. The molecular formula is C8H18N2S. The van der Waals surface area contributed by atoms with Crippen molar-refractivity contribution in [1.29, 1.82) is 0 Å². The molecule has 0 radical (unpaired) electrons. The second-order valence-corrected chi connectivity index (χ2v) is 4.49. The van der Waals surface area contributed by atoms with Crippen molar-refractivity contribution in [2.75, 3.05) is 38.7 Å². The van der Waals surface area contributed by atoms with E-state index in [1.165, 1.54) is 31.0 Å². The molecule has 0 bridgehead atoms. The summed E-state index contributed by atoms with van der Waals surface area (Å²) in [5, 5.41) is 3.55. The van der Waals surface area contributed by atoms with Gasteiger partial charge in [-0.15, -0.1) is 0 Å². The van der Waals surface area contributed by atoms with Gasteiger partial charge in [-0.1, -0.05) is 0 Å². The van der Waals surface area contributed by atoms with Gasteiger partial charge in [0.25, 0.3) is 0 Å². The summed E-state index contributed by atoms with van der Waals surface area (Å²) in [5.74, 6) is 2.61. The molecule has 1 N–H and O–H groups in total. The largest absolute Gasteiger partial charge is 0.312 e. The van der Waals surface area contributed by atoms with Gasteiger partial charge in [-0.25, -0.2) is 0 Å². The van der Waals surface area contributed by atoms with Crippen LogP contribution in [0.15, 0.2) is 0 Å². The Morgan fingerprint density at radius 1 is 1.55 bits per heavy atom. The Balaban J connectivity index is 2.20. The molecule has 0 aromatic heterocycles. The summed E-state index contributed by atoms with van der Waals surface area (Å²) < 4.78 is 0. The van der Waals surface area contributed by atoms with E-state index in [-0.39, 0.29) is 0 Å². The lowest BCUT2D eigenvalue weighted by molar-refractivity contribution is 0.355. The van der Waals surface area contributed by atoms with E-state index in [0.717, 1.165) is 0 Å². The molecule has 1 heterocycles. The van der Waals surface area contributed by atoms with Crippen LogP contribution in [0.3, 0.4) is 0 Å². The van der Waals surface area contributed by atoms with E-state index in [2.05, 4.69) is 36.1 Å². The molecular weight excluding hydrogens is 156 g/mol. The van der Waals surface area contributed by atoms with E-state index >= 15 is 0 Å². The van der Waals surface area contributed by atoms with Gasteiger partial charge in [-0.3, -0.25) is 0 Å². The molecule has 0 aromatic rings. The zero-order valence-electron chi connectivity index (χ0n) is 7.47. The predicted octanol–water partition coefficient (Wildman–Crippen LogP) is 0.643. The lowest BCUT2D eigenvalue weighted by Crippen LogP contribution is -2.39. The van der Waals surface area contributed by atoms with Crippen LogP contribution in [0.1, 0.15) is 6.42 Å². The van der Waals surface area contributed by atoms with Crippen LogP contribution in [0, 0.1) is 0 Å². The number of hydrogen-bond acceptors (Lipinski definition) is 3. The van der Waals surface area contributed by atoms with Crippen LogP contribution in [0.5, 0.6) is 0 Å². The van der Waals surface area contributed by atoms with Crippen LogP contribution >= 0.6 is 11.8 Å².